The summed E-state index contributed by atoms with van der Waals surface area (Å²) >= 11 is 5.97. The van der Waals surface area contributed by atoms with Crippen molar-refractivity contribution in [2.75, 3.05) is 0 Å². The Morgan fingerprint density at radius 1 is 1.19 bits per heavy atom. The van der Waals surface area contributed by atoms with Crippen molar-refractivity contribution in [2.45, 2.75) is 51.6 Å². The molecule has 16 heavy (non-hydrogen) atoms. The summed E-state index contributed by atoms with van der Waals surface area (Å²) in [7, 11) is 0. The fraction of sp³-hybridized carbons (Fsp3) is 0.571. The highest BCUT2D eigenvalue weighted by atomic mass is 35.5. The first-order chi connectivity index (χ1) is 7.56. The van der Waals surface area contributed by atoms with E-state index in [-0.39, 0.29) is 0 Å². The van der Waals surface area contributed by atoms with Crippen LogP contribution in [0.15, 0.2) is 12.1 Å². The molecule has 0 amide bonds. The second-order valence-corrected chi connectivity index (χ2v) is 5.64. The monoisotopic (exact) mass is 237 g/mol. The molecule has 0 bridgehead atoms. The maximum absolute atomic E-state index is 5.97. The van der Waals surface area contributed by atoms with E-state index < -0.39 is 0 Å². The highest BCUT2D eigenvalue weighted by molar-refractivity contribution is 6.21. The summed E-state index contributed by atoms with van der Waals surface area (Å²) in [5, 5.41) is 3.98. The molecule has 1 saturated carbocycles. The third-order valence-electron chi connectivity index (χ3n) is 3.49. The minimum Gasteiger partial charge on any atom is -0.310 e. The van der Waals surface area contributed by atoms with Gasteiger partial charge in [-0.3, -0.25) is 0 Å². The molecule has 1 aliphatic rings. The summed E-state index contributed by atoms with van der Waals surface area (Å²) < 4.78 is 0. The van der Waals surface area contributed by atoms with Gasteiger partial charge in [0.25, 0.3) is 0 Å². The van der Waals surface area contributed by atoms with Crippen molar-refractivity contribution in [1.29, 1.82) is 0 Å². The summed E-state index contributed by atoms with van der Waals surface area (Å²) in [6.45, 7) is 7.53. The van der Waals surface area contributed by atoms with Crippen molar-refractivity contribution in [2.24, 2.45) is 0 Å². The van der Waals surface area contributed by atoms with Gasteiger partial charge in [0, 0.05) is 18.0 Å². The van der Waals surface area contributed by atoms with Crippen molar-refractivity contribution in [1.82, 2.24) is 5.32 Å². The molecule has 1 nitrogen and oxygen atoms in total. The van der Waals surface area contributed by atoms with Gasteiger partial charge in [0.2, 0.25) is 0 Å². The fourth-order valence-electron chi connectivity index (χ4n) is 2.45. The van der Waals surface area contributed by atoms with E-state index in [1.165, 1.54) is 22.3 Å². The van der Waals surface area contributed by atoms with Crippen LogP contribution in [0.25, 0.3) is 0 Å². The van der Waals surface area contributed by atoms with Crippen molar-refractivity contribution in [3.05, 3.63) is 34.4 Å². The van der Waals surface area contributed by atoms with Gasteiger partial charge in [-0.1, -0.05) is 17.7 Å². The maximum Gasteiger partial charge on any atom is 0.0365 e. The van der Waals surface area contributed by atoms with Crippen LogP contribution in [0.4, 0.5) is 0 Å². The predicted molar refractivity (Wildman–Crippen MR) is 70.2 cm³/mol. The molecule has 1 N–H and O–H groups in total. The van der Waals surface area contributed by atoms with Crippen LogP contribution in [-0.2, 0) is 6.54 Å². The number of aryl methyl sites for hydroxylation is 3. The number of nitrogens with one attached hydrogen (secondary N) is 1. The normalized spacial score (nSPS) is 24.2. The molecular formula is C14H20ClN. The lowest BCUT2D eigenvalue weighted by molar-refractivity contribution is 0.344. The molecule has 1 aromatic rings. The largest absolute Gasteiger partial charge is 0.310 e. The minimum atomic E-state index is 0.401. The fourth-order valence-corrected chi connectivity index (χ4v) is 2.88. The van der Waals surface area contributed by atoms with Crippen LogP contribution >= 0.6 is 11.6 Å². The SMILES string of the molecule is Cc1cc(C)c(CNC2CC(Cl)C2)c(C)c1. The first kappa shape index (κ1) is 11.9. The minimum absolute atomic E-state index is 0.401. The first-order valence-corrected chi connectivity index (χ1v) is 6.44. The number of alkyl halides is 1. The lowest BCUT2D eigenvalue weighted by Crippen LogP contribution is -2.41. The van der Waals surface area contributed by atoms with Crippen LogP contribution in [0.5, 0.6) is 0 Å². The van der Waals surface area contributed by atoms with Gasteiger partial charge in [-0.2, -0.15) is 0 Å². The molecule has 88 valence electrons. The van der Waals surface area contributed by atoms with E-state index >= 15 is 0 Å². The van der Waals surface area contributed by atoms with E-state index in [1.54, 1.807) is 0 Å². The zero-order chi connectivity index (χ0) is 11.7. The Hall–Kier alpha value is -0.530. The highest BCUT2D eigenvalue weighted by Gasteiger charge is 2.26. The third-order valence-corrected chi connectivity index (χ3v) is 3.84. The molecular weight excluding hydrogens is 218 g/mol. The molecule has 2 rings (SSSR count). The molecule has 0 spiro atoms. The smallest absolute Gasteiger partial charge is 0.0365 e. The Balaban J connectivity index is 1.98. The quantitative estimate of drug-likeness (QED) is 0.794. The molecule has 0 saturated heterocycles. The van der Waals surface area contributed by atoms with Gasteiger partial charge in [0.1, 0.15) is 0 Å². The molecule has 1 aromatic carbocycles. The molecule has 2 heteroatoms. The van der Waals surface area contributed by atoms with E-state index in [1.807, 2.05) is 0 Å². The van der Waals surface area contributed by atoms with Crippen molar-refractivity contribution in [3.63, 3.8) is 0 Å². The lowest BCUT2D eigenvalue weighted by atomic mass is 9.91. The van der Waals surface area contributed by atoms with E-state index in [9.17, 15) is 0 Å². The summed E-state index contributed by atoms with van der Waals surface area (Å²) in [5.74, 6) is 0. The van der Waals surface area contributed by atoms with Gasteiger partial charge >= 0.3 is 0 Å². The van der Waals surface area contributed by atoms with Crippen LogP contribution in [0.3, 0.4) is 0 Å². The average molecular weight is 238 g/mol. The van der Waals surface area contributed by atoms with Crippen LogP contribution in [0.1, 0.15) is 35.1 Å². The second kappa shape index (κ2) is 4.77. The van der Waals surface area contributed by atoms with Crippen LogP contribution < -0.4 is 5.32 Å². The molecule has 0 radical (unpaired) electrons. The molecule has 1 aliphatic carbocycles. The Bertz CT molecular complexity index is 357. The van der Waals surface area contributed by atoms with E-state index in [0.29, 0.717) is 11.4 Å². The summed E-state index contributed by atoms with van der Waals surface area (Å²) in [5.41, 5.74) is 5.59. The number of benzene rings is 1. The van der Waals surface area contributed by atoms with Gasteiger partial charge in [0.05, 0.1) is 0 Å². The molecule has 1 fully saturated rings. The Kier molecular flexibility index (Phi) is 3.56. The maximum atomic E-state index is 5.97. The predicted octanol–water partition coefficient (Wildman–Crippen LogP) is 3.47. The summed E-state index contributed by atoms with van der Waals surface area (Å²) in [6.07, 6.45) is 2.23. The van der Waals surface area contributed by atoms with Gasteiger partial charge < -0.3 is 5.32 Å². The Morgan fingerprint density at radius 3 is 2.25 bits per heavy atom. The van der Waals surface area contributed by atoms with Crippen LogP contribution in [0, 0.1) is 20.8 Å². The summed E-state index contributed by atoms with van der Waals surface area (Å²) in [4.78, 5) is 0. The number of hydrogen-bond acceptors (Lipinski definition) is 1. The zero-order valence-electron chi connectivity index (χ0n) is 10.3. The third kappa shape index (κ3) is 2.58. The average Bonchev–Trinajstić information content (AvgIpc) is 2.12. The topological polar surface area (TPSA) is 12.0 Å². The number of rotatable bonds is 3. The van der Waals surface area contributed by atoms with Crippen LogP contribution in [0.2, 0.25) is 0 Å². The first-order valence-electron chi connectivity index (χ1n) is 6.00. The van der Waals surface area contributed by atoms with Gasteiger partial charge in [-0.25, -0.2) is 0 Å². The van der Waals surface area contributed by atoms with Crippen LogP contribution in [-0.4, -0.2) is 11.4 Å². The van der Waals surface area contributed by atoms with E-state index in [2.05, 4.69) is 38.2 Å². The standard InChI is InChI=1S/C14H20ClN/c1-9-4-10(2)14(11(3)5-9)8-16-13-6-12(15)7-13/h4-5,12-13,16H,6-8H2,1-3H3. The molecule has 0 atom stereocenters. The molecule has 0 unspecified atom stereocenters. The lowest BCUT2D eigenvalue weighted by Gasteiger charge is -2.32. The summed E-state index contributed by atoms with van der Waals surface area (Å²) in [6, 6.07) is 5.15. The van der Waals surface area contributed by atoms with Gasteiger partial charge in [0.15, 0.2) is 0 Å². The van der Waals surface area contributed by atoms with Gasteiger partial charge in [-0.15, -0.1) is 11.6 Å². The second-order valence-electron chi connectivity index (χ2n) is 5.02. The number of halogens is 1. The molecule has 0 aliphatic heterocycles. The van der Waals surface area contributed by atoms with Crippen molar-refractivity contribution < 1.29 is 0 Å². The van der Waals surface area contributed by atoms with E-state index in [0.717, 1.165) is 19.4 Å². The van der Waals surface area contributed by atoms with Gasteiger partial charge in [-0.05, 0) is 50.3 Å². The van der Waals surface area contributed by atoms with Crippen molar-refractivity contribution >= 4 is 11.6 Å². The molecule has 0 heterocycles. The number of hydrogen-bond donors (Lipinski definition) is 1. The Labute approximate surface area is 103 Å². The Morgan fingerprint density at radius 2 is 1.75 bits per heavy atom. The molecule has 0 aromatic heterocycles. The van der Waals surface area contributed by atoms with Crippen molar-refractivity contribution in [3.8, 4) is 0 Å². The zero-order valence-corrected chi connectivity index (χ0v) is 11.1. The van der Waals surface area contributed by atoms with E-state index in [4.69, 9.17) is 11.6 Å². The highest BCUT2D eigenvalue weighted by Crippen LogP contribution is 2.26.